The topological polar surface area (TPSA) is 82.4 Å². The summed E-state index contributed by atoms with van der Waals surface area (Å²) in [5.74, 6) is 0.280. The van der Waals surface area contributed by atoms with E-state index in [2.05, 4.69) is 22.8 Å². The van der Waals surface area contributed by atoms with E-state index in [9.17, 15) is 9.59 Å². The molecule has 156 valence electrons. The quantitative estimate of drug-likeness (QED) is 0.648. The van der Waals surface area contributed by atoms with Crippen molar-refractivity contribution in [2.45, 2.75) is 19.6 Å². The van der Waals surface area contributed by atoms with Gasteiger partial charge in [-0.1, -0.05) is 12.1 Å². The third-order valence-electron chi connectivity index (χ3n) is 5.14. The van der Waals surface area contributed by atoms with Crippen molar-refractivity contribution < 1.29 is 14.3 Å². The van der Waals surface area contributed by atoms with Gasteiger partial charge in [0.15, 0.2) is 0 Å². The number of ether oxygens (including phenoxy) is 1. The maximum atomic E-state index is 12.5. The van der Waals surface area contributed by atoms with Gasteiger partial charge in [-0.25, -0.2) is 0 Å². The van der Waals surface area contributed by atoms with Gasteiger partial charge in [0.05, 0.1) is 18.2 Å². The van der Waals surface area contributed by atoms with Crippen molar-refractivity contribution in [3.05, 3.63) is 87.1 Å². The number of nitriles is 1. The molecule has 0 radical (unpaired) electrons. The van der Waals surface area contributed by atoms with Crippen LogP contribution in [0.1, 0.15) is 31.9 Å². The number of benzene rings is 2. The molecule has 2 heterocycles. The van der Waals surface area contributed by atoms with Gasteiger partial charge < -0.3 is 15.0 Å². The van der Waals surface area contributed by atoms with E-state index < -0.39 is 0 Å². The molecule has 2 amide bonds. The first-order chi connectivity index (χ1) is 15.1. The molecule has 0 bridgehead atoms. The summed E-state index contributed by atoms with van der Waals surface area (Å²) in [5, 5.41) is 13.6. The molecule has 0 atom stereocenters. The highest BCUT2D eigenvalue weighted by Gasteiger charge is 2.21. The highest BCUT2D eigenvalue weighted by Crippen LogP contribution is 2.23. The predicted octanol–water partition coefficient (Wildman–Crippen LogP) is 3.51. The van der Waals surface area contributed by atoms with Crippen molar-refractivity contribution in [3.8, 4) is 11.8 Å². The van der Waals surface area contributed by atoms with E-state index in [1.807, 2.05) is 6.07 Å². The van der Waals surface area contributed by atoms with E-state index in [4.69, 9.17) is 10.00 Å². The Kier molecular flexibility index (Phi) is 6.29. The smallest absolute Gasteiger partial charge is 0.251 e. The van der Waals surface area contributed by atoms with Crippen molar-refractivity contribution in [2.75, 3.05) is 13.1 Å². The van der Waals surface area contributed by atoms with Crippen molar-refractivity contribution in [2.24, 2.45) is 0 Å². The minimum Gasteiger partial charge on any atom is -0.489 e. The molecular weight excluding hydrogens is 410 g/mol. The Morgan fingerprint density at radius 2 is 2.00 bits per heavy atom. The molecule has 1 aliphatic rings. The molecule has 1 aliphatic heterocycles. The Labute approximate surface area is 184 Å². The van der Waals surface area contributed by atoms with Crippen LogP contribution in [0.25, 0.3) is 0 Å². The van der Waals surface area contributed by atoms with Crippen molar-refractivity contribution in [1.29, 1.82) is 5.26 Å². The lowest BCUT2D eigenvalue weighted by atomic mass is 10.1. The SMILES string of the molecule is N#Cc1ccc(OCc2cccc(C(=O)NCC(=O)N3CCc4sccc4C3)c2)cc1. The van der Waals surface area contributed by atoms with Crippen LogP contribution in [0.5, 0.6) is 5.75 Å². The standard InChI is InChI=1S/C24H21N3O3S/c25-13-17-4-6-21(7-5-17)30-16-18-2-1-3-19(12-18)24(29)26-14-23(28)27-10-8-22-20(15-27)9-11-31-22/h1-7,9,11-12H,8,10,14-16H2,(H,26,29). The monoisotopic (exact) mass is 431 g/mol. The number of rotatable bonds is 6. The normalized spacial score (nSPS) is 12.5. The molecule has 1 aromatic heterocycles. The third kappa shape index (κ3) is 5.11. The number of nitrogens with zero attached hydrogens (tertiary/aromatic N) is 2. The minimum atomic E-state index is -0.290. The van der Waals surface area contributed by atoms with Crippen LogP contribution < -0.4 is 10.1 Å². The molecule has 0 fully saturated rings. The molecule has 4 rings (SSSR count). The number of thiophene rings is 1. The average molecular weight is 432 g/mol. The average Bonchev–Trinajstić information content (AvgIpc) is 3.29. The summed E-state index contributed by atoms with van der Waals surface area (Å²) < 4.78 is 5.72. The molecule has 1 N–H and O–H groups in total. The van der Waals surface area contributed by atoms with Gasteiger partial charge in [-0.3, -0.25) is 9.59 Å². The number of carbonyl (C=O) groups is 2. The Hall–Kier alpha value is -3.63. The lowest BCUT2D eigenvalue weighted by Crippen LogP contribution is -2.42. The fourth-order valence-electron chi connectivity index (χ4n) is 3.43. The van der Waals surface area contributed by atoms with Crippen LogP contribution in [0.15, 0.2) is 60.0 Å². The largest absolute Gasteiger partial charge is 0.489 e. The second-order valence-electron chi connectivity index (χ2n) is 7.24. The number of hydrogen-bond acceptors (Lipinski definition) is 5. The molecule has 0 aliphatic carbocycles. The summed E-state index contributed by atoms with van der Waals surface area (Å²) in [4.78, 5) is 28.2. The Balaban J connectivity index is 1.29. The van der Waals surface area contributed by atoms with E-state index in [0.717, 1.165) is 12.0 Å². The first-order valence-corrected chi connectivity index (χ1v) is 10.8. The van der Waals surface area contributed by atoms with Gasteiger partial charge in [0.25, 0.3) is 5.91 Å². The van der Waals surface area contributed by atoms with Crippen LogP contribution in [0.3, 0.4) is 0 Å². The fraction of sp³-hybridized carbons (Fsp3) is 0.208. The molecule has 0 saturated carbocycles. The number of fused-ring (bicyclic) bond motifs is 1. The van der Waals surface area contributed by atoms with Gasteiger partial charge in [0, 0.05) is 23.5 Å². The molecule has 7 heteroatoms. The second kappa shape index (κ2) is 9.45. The van der Waals surface area contributed by atoms with Gasteiger partial charge in [0.2, 0.25) is 5.91 Å². The molecule has 3 aromatic rings. The van der Waals surface area contributed by atoms with Crippen LogP contribution in [-0.2, 0) is 24.4 Å². The molecule has 0 unspecified atom stereocenters. The van der Waals surface area contributed by atoms with Crippen molar-refractivity contribution >= 4 is 23.2 Å². The molecular formula is C24H21N3O3S. The van der Waals surface area contributed by atoms with E-state index in [1.54, 1.807) is 58.7 Å². The van der Waals surface area contributed by atoms with E-state index >= 15 is 0 Å². The second-order valence-corrected chi connectivity index (χ2v) is 8.24. The third-order valence-corrected chi connectivity index (χ3v) is 6.16. The van der Waals surface area contributed by atoms with E-state index in [0.29, 0.717) is 36.6 Å². The number of hydrogen-bond donors (Lipinski definition) is 1. The summed E-state index contributed by atoms with van der Waals surface area (Å²) in [7, 11) is 0. The lowest BCUT2D eigenvalue weighted by Gasteiger charge is -2.27. The first kappa shape index (κ1) is 20.6. The summed E-state index contributed by atoms with van der Waals surface area (Å²) >= 11 is 1.73. The highest BCUT2D eigenvalue weighted by molar-refractivity contribution is 7.10. The Morgan fingerprint density at radius 1 is 1.16 bits per heavy atom. The molecule has 2 aromatic carbocycles. The zero-order chi connectivity index (χ0) is 21.6. The number of amides is 2. The van der Waals surface area contributed by atoms with Gasteiger partial charge in [-0.2, -0.15) is 5.26 Å². The van der Waals surface area contributed by atoms with Crippen LogP contribution >= 0.6 is 11.3 Å². The Bertz CT molecular complexity index is 1130. The van der Waals surface area contributed by atoms with Crippen LogP contribution in [0, 0.1) is 11.3 Å². The van der Waals surface area contributed by atoms with Crippen LogP contribution in [0.4, 0.5) is 0 Å². The summed E-state index contributed by atoms with van der Waals surface area (Å²) in [5.41, 5.74) is 3.09. The number of carbonyl (C=O) groups excluding carboxylic acids is 2. The van der Waals surface area contributed by atoms with Crippen LogP contribution in [0.2, 0.25) is 0 Å². The fourth-order valence-corrected chi connectivity index (χ4v) is 4.32. The zero-order valence-electron chi connectivity index (χ0n) is 16.8. The first-order valence-electron chi connectivity index (χ1n) is 9.95. The molecule has 31 heavy (non-hydrogen) atoms. The summed E-state index contributed by atoms with van der Waals surface area (Å²) in [6.45, 7) is 1.56. The van der Waals surface area contributed by atoms with Gasteiger partial charge in [0.1, 0.15) is 12.4 Å². The summed E-state index contributed by atoms with van der Waals surface area (Å²) in [6.07, 6.45) is 0.869. The van der Waals surface area contributed by atoms with Gasteiger partial charge >= 0.3 is 0 Å². The summed E-state index contributed by atoms with van der Waals surface area (Å²) in [6, 6.07) is 18.1. The zero-order valence-corrected chi connectivity index (χ0v) is 17.7. The van der Waals surface area contributed by atoms with Crippen molar-refractivity contribution in [3.63, 3.8) is 0 Å². The number of nitrogens with one attached hydrogen (secondary N) is 1. The molecule has 0 saturated heterocycles. The highest BCUT2D eigenvalue weighted by atomic mass is 32.1. The minimum absolute atomic E-state index is 0.0235. The van der Waals surface area contributed by atoms with Gasteiger partial charge in [-0.05, 0) is 65.4 Å². The Morgan fingerprint density at radius 3 is 2.81 bits per heavy atom. The van der Waals surface area contributed by atoms with Crippen LogP contribution in [-0.4, -0.2) is 29.8 Å². The molecule has 0 spiro atoms. The predicted molar refractivity (Wildman–Crippen MR) is 118 cm³/mol. The van der Waals surface area contributed by atoms with Crippen molar-refractivity contribution in [1.82, 2.24) is 10.2 Å². The lowest BCUT2D eigenvalue weighted by molar-refractivity contribution is -0.131. The maximum Gasteiger partial charge on any atom is 0.251 e. The van der Waals surface area contributed by atoms with E-state index in [1.165, 1.54) is 10.4 Å². The van der Waals surface area contributed by atoms with Gasteiger partial charge in [-0.15, -0.1) is 11.3 Å². The van der Waals surface area contributed by atoms with E-state index in [-0.39, 0.29) is 18.4 Å². The molecule has 6 nitrogen and oxygen atoms in total. The maximum absolute atomic E-state index is 12.5.